The molecule has 0 saturated carbocycles. The standard InChI is InChI=1S/C12H8IO2P/c13-16(14)12-8-4-2-6-10(12)9-5-1-3-7-11(9)15-16/h1-8H. The normalized spacial score (nSPS) is 21.8. The highest BCUT2D eigenvalue weighted by Crippen LogP contribution is 2.60. The predicted molar refractivity (Wildman–Crippen MR) is 73.8 cm³/mol. The van der Waals surface area contributed by atoms with Gasteiger partial charge in [-0.15, -0.1) is 0 Å². The second kappa shape index (κ2) is 3.60. The van der Waals surface area contributed by atoms with E-state index in [9.17, 15) is 4.57 Å². The van der Waals surface area contributed by atoms with Gasteiger partial charge >= 0.3 is 5.01 Å². The summed E-state index contributed by atoms with van der Waals surface area (Å²) in [5, 5.41) is -1.94. The van der Waals surface area contributed by atoms with Crippen LogP contribution in [0.15, 0.2) is 48.5 Å². The molecule has 1 aliphatic rings. The molecule has 3 rings (SSSR count). The van der Waals surface area contributed by atoms with E-state index in [4.69, 9.17) is 4.52 Å². The van der Waals surface area contributed by atoms with Gasteiger partial charge in [0.05, 0.1) is 5.30 Å². The smallest absolute Gasteiger partial charge is 0.334 e. The largest absolute Gasteiger partial charge is 0.433 e. The molecule has 0 spiro atoms. The van der Waals surface area contributed by atoms with Crippen molar-refractivity contribution in [2.75, 3.05) is 0 Å². The van der Waals surface area contributed by atoms with Crippen molar-refractivity contribution in [3.8, 4) is 16.9 Å². The van der Waals surface area contributed by atoms with Crippen molar-refractivity contribution in [1.82, 2.24) is 0 Å². The van der Waals surface area contributed by atoms with Crippen molar-refractivity contribution in [3.63, 3.8) is 0 Å². The third kappa shape index (κ3) is 1.50. The highest BCUT2D eigenvalue weighted by molar-refractivity contribution is 14.2. The Morgan fingerprint density at radius 1 is 0.938 bits per heavy atom. The lowest BCUT2D eigenvalue weighted by Gasteiger charge is -2.24. The van der Waals surface area contributed by atoms with Crippen LogP contribution in [0.2, 0.25) is 0 Å². The molecule has 2 aromatic carbocycles. The third-order valence-corrected chi connectivity index (χ3v) is 6.13. The minimum Gasteiger partial charge on any atom is -0.433 e. The van der Waals surface area contributed by atoms with Crippen LogP contribution in [0, 0.1) is 0 Å². The highest BCUT2D eigenvalue weighted by Gasteiger charge is 2.32. The Balaban J connectivity index is 2.38. The van der Waals surface area contributed by atoms with Gasteiger partial charge in [-0.25, -0.2) is 0 Å². The van der Waals surface area contributed by atoms with E-state index in [-0.39, 0.29) is 0 Å². The first-order valence-corrected chi connectivity index (χ1v) is 9.28. The molecule has 4 heteroatoms. The Kier molecular flexibility index (Phi) is 2.33. The summed E-state index contributed by atoms with van der Waals surface area (Å²) in [6, 6.07) is 15.4. The molecular weight excluding hydrogens is 334 g/mol. The predicted octanol–water partition coefficient (Wildman–Crippen LogP) is 4.00. The molecule has 0 saturated heterocycles. The maximum atomic E-state index is 12.4. The van der Waals surface area contributed by atoms with Gasteiger partial charge in [0.15, 0.2) is 0 Å². The average molecular weight is 342 g/mol. The molecular formula is C12H8IO2P. The monoisotopic (exact) mass is 342 g/mol. The molecule has 1 aliphatic heterocycles. The summed E-state index contributed by atoms with van der Waals surface area (Å²) in [7, 11) is 0. The summed E-state index contributed by atoms with van der Waals surface area (Å²) in [5.74, 6) is 0.707. The SMILES string of the molecule is O=P1(I)Oc2ccccc2-c2ccccc21. The van der Waals surface area contributed by atoms with Crippen LogP contribution < -0.4 is 9.83 Å². The van der Waals surface area contributed by atoms with Gasteiger partial charge in [0, 0.05) is 33.2 Å². The molecule has 0 aromatic heterocycles. The lowest BCUT2D eigenvalue weighted by Crippen LogP contribution is -2.13. The van der Waals surface area contributed by atoms with Gasteiger partial charge in [0.1, 0.15) is 5.75 Å². The fourth-order valence-corrected chi connectivity index (χ4v) is 5.03. The fourth-order valence-electron chi connectivity index (χ4n) is 1.88. The Labute approximate surface area is 107 Å². The highest BCUT2D eigenvalue weighted by atomic mass is 127. The number of rotatable bonds is 0. The lowest BCUT2D eigenvalue weighted by molar-refractivity contribution is 0.511. The third-order valence-electron chi connectivity index (χ3n) is 2.58. The van der Waals surface area contributed by atoms with Gasteiger partial charge in [-0.3, -0.25) is 4.57 Å². The molecule has 1 atom stereocenters. The number of fused-ring (bicyclic) bond motifs is 3. The first-order chi connectivity index (χ1) is 7.68. The van der Waals surface area contributed by atoms with Crippen molar-refractivity contribution in [2.24, 2.45) is 0 Å². The fraction of sp³-hybridized carbons (Fsp3) is 0. The molecule has 0 radical (unpaired) electrons. The van der Waals surface area contributed by atoms with Crippen molar-refractivity contribution in [2.45, 2.75) is 0 Å². The molecule has 80 valence electrons. The molecule has 2 aromatic rings. The van der Waals surface area contributed by atoms with Crippen LogP contribution in [0.5, 0.6) is 5.75 Å². The number of benzene rings is 2. The summed E-state index contributed by atoms with van der Waals surface area (Å²) in [6.07, 6.45) is 0. The average Bonchev–Trinajstić information content (AvgIpc) is 2.29. The Morgan fingerprint density at radius 3 is 2.38 bits per heavy atom. The zero-order valence-corrected chi connectivity index (χ0v) is 11.3. The second-order valence-electron chi connectivity index (χ2n) is 3.58. The summed E-state index contributed by atoms with van der Waals surface area (Å²) >= 11 is 1.91. The first-order valence-electron chi connectivity index (χ1n) is 4.87. The maximum absolute atomic E-state index is 12.4. The Bertz CT molecular complexity index is 609. The van der Waals surface area contributed by atoms with Crippen LogP contribution in [-0.4, -0.2) is 0 Å². The molecule has 16 heavy (non-hydrogen) atoms. The molecule has 0 bridgehead atoms. The second-order valence-corrected chi connectivity index (χ2v) is 9.02. The Hall–Kier alpha value is -0.800. The van der Waals surface area contributed by atoms with E-state index in [0.29, 0.717) is 5.75 Å². The van der Waals surface area contributed by atoms with Gasteiger partial charge in [0.25, 0.3) is 0 Å². The minimum atomic E-state index is -2.74. The van der Waals surface area contributed by atoms with Crippen LogP contribution in [0.25, 0.3) is 11.1 Å². The van der Waals surface area contributed by atoms with Gasteiger partial charge in [-0.1, -0.05) is 36.4 Å². The molecule has 0 aliphatic carbocycles. The van der Waals surface area contributed by atoms with Gasteiger partial charge in [0.2, 0.25) is 0 Å². The topological polar surface area (TPSA) is 26.3 Å². The van der Waals surface area contributed by atoms with Crippen molar-refractivity contribution in [1.29, 1.82) is 0 Å². The molecule has 0 amide bonds. The number of para-hydroxylation sites is 1. The minimum absolute atomic E-state index is 0.707. The molecule has 2 nitrogen and oxygen atoms in total. The zero-order chi connectivity index (χ0) is 11.2. The lowest BCUT2D eigenvalue weighted by atomic mass is 10.0. The zero-order valence-electron chi connectivity index (χ0n) is 8.26. The van der Waals surface area contributed by atoms with E-state index in [1.165, 1.54) is 0 Å². The van der Waals surface area contributed by atoms with Crippen LogP contribution in [0.4, 0.5) is 0 Å². The maximum Gasteiger partial charge on any atom is 0.334 e. The van der Waals surface area contributed by atoms with E-state index < -0.39 is 5.01 Å². The van der Waals surface area contributed by atoms with E-state index in [1.54, 1.807) is 0 Å². The van der Waals surface area contributed by atoms with Crippen LogP contribution in [0.1, 0.15) is 0 Å². The summed E-state index contributed by atoms with van der Waals surface area (Å²) in [5.41, 5.74) is 2.03. The quantitative estimate of drug-likeness (QED) is 0.534. The molecule has 1 unspecified atom stereocenters. The van der Waals surface area contributed by atoms with Gasteiger partial charge < -0.3 is 4.52 Å². The van der Waals surface area contributed by atoms with Gasteiger partial charge in [-0.2, -0.15) is 0 Å². The number of hydrogen-bond donors (Lipinski definition) is 0. The summed E-state index contributed by atoms with van der Waals surface area (Å²) in [6.45, 7) is 0. The van der Waals surface area contributed by atoms with E-state index in [1.807, 2.05) is 70.6 Å². The number of hydrogen-bond acceptors (Lipinski definition) is 2. The van der Waals surface area contributed by atoms with Crippen LogP contribution in [0.3, 0.4) is 0 Å². The number of halogens is 1. The van der Waals surface area contributed by atoms with Crippen molar-refractivity contribution < 1.29 is 9.09 Å². The van der Waals surface area contributed by atoms with Crippen LogP contribution >= 0.6 is 27.1 Å². The van der Waals surface area contributed by atoms with Crippen molar-refractivity contribution in [3.05, 3.63) is 48.5 Å². The van der Waals surface area contributed by atoms with E-state index in [0.717, 1.165) is 16.4 Å². The Morgan fingerprint density at radius 2 is 1.56 bits per heavy atom. The first kappa shape index (κ1) is 10.4. The van der Waals surface area contributed by atoms with E-state index >= 15 is 0 Å². The van der Waals surface area contributed by atoms with Crippen LogP contribution in [-0.2, 0) is 4.57 Å². The van der Waals surface area contributed by atoms with E-state index in [2.05, 4.69) is 0 Å². The summed E-state index contributed by atoms with van der Waals surface area (Å²) in [4.78, 5) is 0. The van der Waals surface area contributed by atoms with Crippen molar-refractivity contribution >= 4 is 32.4 Å². The molecule has 0 fully saturated rings. The molecule has 0 N–H and O–H groups in total. The summed E-state index contributed by atoms with van der Waals surface area (Å²) < 4.78 is 18.0. The molecule has 1 heterocycles. The van der Waals surface area contributed by atoms with Gasteiger partial charge in [-0.05, 0) is 12.1 Å².